The molecular weight excluding hydrogens is 220 g/mol. The lowest BCUT2D eigenvalue weighted by atomic mass is 10.3. The summed E-state index contributed by atoms with van der Waals surface area (Å²) in [6.07, 6.45) is 3.59. The van der Waals surface area contributed by atoms with Crippen LogP contribution in [0.15, 0.2) is 34.7 Å². The maximum absolute atomic E-state index is 8.98. The minimum atomic E-state index is 0.582. The van der Waals surface area contributed by atoms with Gasteiger partial charge in [-0.3, -0.25) is 0 Å². The molecule has 2 heterocycles. The van der Waals surface area contributed by atoms with Crippen molar-refractivity contribution in [1.82, 2.24) is 14.5 Å². The van der Waals surface area contributed by atoms with Crippen LogP contribution in [-0.2, 0) is 7.05 Å². The normalized spacial score (nSPS) is 10.1. The first-order valence-corrected chi connectivity index (χ1v) is 5.55. The first-order chi connectivity index (χ1) is 7.70. The van der Waals surface area contributed by atoms with E-state index >= 15 is 0 Å². The SMILES string of the molecule is Cc1ccc(C#N)c(Sc2nccn2C)n1. The third kappa shape index (κ3) is 2.07. The molecule has 4 nitrogen and oxygen atoms in total. The van der Waals surface area contributed by atoms with Crippen LogP contribution in [0, 0.1) is 18.3 Å². The number of aryl methyl sites for hydroxylation is 2. The predicted molar refractivity (Wildman–Crippen MR) is 61.0 cm³/mol. The molecule has 0 amide bonds. The molecule has 0 fully saturated rings. The van der Waals surface area contributed by atoms with Gasteiger partial charge in [-0.1, -0.05) is 0 Å². The number of hydrogen-bond acceptors (Lipinski definition) is 4. The third-order valence-electron chi connectivity index (χ3n) is 2.08. The number of aromatic nitrogens is 3. The molecule has 2 rings (SSSR count). The molecule has 0 unspecified atom stereocenters. The Morgan fingerprint density at radius 2 is 2.25 bits per heavy atom. The zero-order valence-corrected chi connectivity index (χ0v) is 9.82. The van der Waals surface area contributed by atoms with E-state index in [-0.39, 0.29) is 0 Å². The van der Waals surface area contributed by atoms with E-state index < -0.39 is 0 Å². The molecule has 0 aliphatic rings. The second-order valence-electron chi connectivity index (χ2n) is 3.34. The van der Waals surface area contributed by atoms with Crippen LogP contribution in [0.1, 0.15) is 11.3 Å². The van der Waals surface area contributed by atoms with Gasteiger partial charge < -0.3 is 4.57 Å². The van der Waals surface area contributed by atoms with Crippen molar-refractivity contribution in [3.05, 3.63) is 35.8 Å². The Morgan fingerprint density at radius 1 is 1.44 bits per heavy atom. The van der Waals surface area contributed by atoms with Crippen molar-refractivity contribution < 1.29 is 0 Å². The number of imidazole rings is 1. The molecule has 0 bridgehead atoms. The molecule has 0 aliphatic carbocycles. The van der Waals surface area contributed by atoms with Crippen molar-refractivity contribution in [2.75, 3.05) is 0 Å². The van der Waals surface area contributed by atoms with Gasteiger partial charge in [0.2, 0.25) is 0 Å². The van der Waals surface area contributed by atoms with Gasteiger partial charge in [-0.05, 0) is 30.8 Å². The topological polar surface area (TPSA) is 54.5 Å². The fourth-order valence-corrected chi connectivity index (χ4v) is 2.14. The molecule has 80 valence electrons. The van der Waals surface area contributed by atoms with E-state index in [1.165, 1.54) is 11.8 Å². The van der Waals surface area contributed by atoms with E-state index in [1.54, 1.807) is 12.3 Å². The van der Waals surface area contributed by atoms with Gasteiger partial charge in [-0.25, -0.2) is 9.97 Å². The number of rotatable bonds is 2. The van der Waals surface area contributed by atoms with Gasteiger partial charge in [-0.2, -0.15) is 5.26 Å². The molecule has 0 radical (unpaired) electrons. The second-order valence-corrected chi connectivity index (χ2v) is 4.30. The standard InChI is InChI=1S/C11H10N4S/c1-8-3-4-9(7-12)10(14-8)16-11-13-5-6-15(11)2/h3-6H,1-2H3. The number of pyridine rings is 1. The summed E-state index contributed by atoms with van der Waals surface area (Å²) in [7, 11) is 1.91. The number of nitriles is 1. The van der Waals surface area contributed by atoms with Gasteiger partial charge in [0.05, 0.1) is 5.56 Å². The number of hydrogen-bond donors (Lipinski definition) is 0. The Balaban J connectivity index is 2.38. The van der Waals surface area contributed by atoms with Crippen molar-refractivity contribution >= 4 is 11.8 Å². The molecular formula is C11H10N4S. The monoisotopic (exact) mass is 230 g/mol. The summed E-state index contributed by atoms with van der Waals surface area (Å²) < 4.78 is 1.90. The van der Waals surface area contributed by atoms with Crippen molar-refractivity contribution in [2.24, 2.45) is 7.05 Å². The Labute approximate surface area is 98.0 Å². The minimum absolute atomic E-state index is 0.582. The van der Waals surface area contributed by atoms with E-state index in [9.17, 15) is 0 Å². The molecule has 0 saturated carbocycles. The third-order valence-corrected chi connectivity index (χ3v) is 3.17. The average molecular weight is 230 g/mol. The lowest BCUT2D eigenvalue weighted by molar-refractivity contribution is 0.788. The summed E-state index contributed by atoms with van der Waals surface area (Å²) >= 11 is 1.40. The highest BCUT2D eigenvalue weighted by atomic mass is 32.2. The zero-order chi connectivity index (χ0) is 11.5. The van der Waals surface area contributed by atoms with Crippen LogP contribution < -0.4 is 0 Å². The van der Waals surface area contributed by atoms with Crippen LogP contribution in [0.25, 0.3) is 0 Å². The predicted octanol–water partition coefficient (Wildman–Crippen LogP) is 2.15. The molecule has 0 aliphatic heterocycles. The fourth-order valence-electron chi connectivity index (χ4n) is 1.23. The largest absolute Gasteiger partial charge is 0.329 e. The van der Waals surface area contributed by atoms with Crippen molar-refractivity contribution in [3.63, 3.8) is 0 Å². The van der Waals surface area contributed by atoms with E-state index in [0.29, 0.717) is 10.6 Å². The smallest absolute Gasteiger partial charge is 0.174 e. The highest BCUT2D eigenvalue weighted by Crippen LogP contribution is 2.26. The summed E-state index contributed by atoms with van der Waals surface area (Å²) in [4.78, 5) is 8.54. The van der Waals surface area contributed by atoms with Gasteiger partial charge in [0.25, 0.3) is 0 Å². The van der Waals surface area contributed by atoms with Crippen LogP contribution in [0.2, 0.25) is 0 Å². The molecule has 16 heavy (non-hydrogen) atoms. The van der Waals surface area contributed by atoms with E-state index in [2.05, 4.69) is 16.0 Å². The van der Waals surface area contributed by atoms with Crippen LogP contribution in [0.5, 0.6) is 0 Å². The number of nitrogens with zero attached hydrogens (tertiary/aromatic N) is 4. The van der Waals surface area contributed by atoms with Gasteiger partial charge in [-0.15, -0.1) is 0 Å². The highest BCUT2D eigenvalue weighted by Gasteiger charge is 2.09. The molecule has 2 aromatic rings. The Bertz CT molecular complexity index is 553. The second kappa shape index (κ2) is 4.37. The first kappa shape index (κ1) is 10.7. The van der Waals surface area contributed by atoms with Crippen LogP contribution in [0.3, 0.4) is 0 Å². The van der Waals surface area contributed by atoms with Crippen LogP contribution >= 0.6 is 11.8 Å². The summed E-state index contributed by atoms with van der Waals surface area (Å²) in [6.45, 7) is 1.91. The van der Waals surface area contributed by atoms with Gasteiger partial charge >= 0.3 is 0 Å². The zero-order valence-electron chi connectivity index (χ0n) is 9.01. The summed E-state index contributed by atoms with van der Waals surface area (Å²) in [5.74, 6) is 0. The van der Waals surface area contributed by atoms with Crippen LogP contribution in [-0.4, -0.2) is 14.5 Å². The van der Waals surface area contributed by atoms with Crippen molar-refractivity contribution in [3.8, 4) is 6.07 Å². The first-order valence-electron chi connectivity index (χ1n) is 4.73. The molecule has 0 atom stereocenters. The molecule has 0 aromatic carbocycles. The van der Waals surface area contributed by atoms with E-state index in [1.807, 2.05) is 30.8 Å². The van der Waals surface area contributed by atoms with Gasteiger partial charge in [0.15, 0.2) is 5.16 Å². The fraction of sp³-hybridized carbons (Fsp3) is 0.182. The Hall–Kier alpha value is -1.80. The van der Waals surface area contributed by atoms with Crippen molar-refractivity contribution in [2.45, 2.75) is 17.1 Å². The Kier molecular flexibility index (Phi) is 2.93. The van der Waals surface area contributed by atoms with E-state index in [4.69, 9.17) is 5.26 Å². The summed E-state index contributed by atoms with van der Waals surface area (Å²) in [5, 5.41) is 10.5. The van der Waals surface area contributed by atoms with Gasteiger partial charge in [0, 0.05) is 25.1 Å². The highest BCUT2D eigenvalue weighted by molar-refractivity contribution is 7.99. The molecule has 5 heteroatoms. The molecule has 0 saturated heterocycles. The molecule has 0 N–H and O–H groups in total. The maximum atomic E-state index is 8.98. The minimum Gasteiger partial charge on any atom is -0.329 e. The summed E-state index contributed by atoms with van der Waals surface area (Å²) in [5.41, 5.74) is 1.48. The average Bonchev–Trinajstić information content (AvgIpc) is 2.65. The lowest BCUT2D eigenvalue weighted by Gasteiger charge is -2.03. The quantitative estimate of drug-likeness (QED) is 0.793. The van der Waals surface area contributed by atoms with E-state index in [0.717, 1.165) is 10.9 Å². The lowest BCUT2D eigenvalue weighted by Crippen LogP contribution is -1.93. The molecule has 2 aromatic heterocycles. The summed E-state index contributed by atoms with van der Waals surface area (Å²) in [6, 6.07) is 5.75. The maximum Gasteiger partial charge on any atom is 0.174 e. The van der Waals surface area contributed by atoms with Gasteiger partial charge in [0.1, 0.15) is 11.1 Å². The molecule has 0 spiro atoms. The van der Waals surface area contributed by atoms with Crippen molar-refractivity contribution in [1.29, 1.82) is 5.26 Å². The van der Waals surface area contributed by atoms with Crippen LogP contribution in [0.4, 0.5) is 0 Å². The Morgan fingerprint density at radius 3 is 2.88 bits per heavy atom.